The summed E-state index contributed by atoms with van der Waals surface area (Å²) >= 11 is 0. The maximum atomic E-state index is 12.3. The van der Waals surface area contributed by atoms with Crippen molar-refractivity contribution in [3.8, 4) is 5.75 Å². The van der Waals surface area contributed by atoms with Gasteiger partial charge in [0.05, 0.1) is 13.1 Å². The summed E-state index contributed by atoms with van der Waals surface area (Å²) in [6, 6.07) is 11.4. The summed E-state index contributed by atoms with van der Waals surface area (Å²) in [4.78, 5) is 36.7. The van der Waals surface area contributed by atoms with E-state index in [1.54, 1.807) is 24.3 Å². The third-order valence-electron chi connectivity index (χ3n) is 3.98. The van der Waals surface area contributed by atoms with E-state index in [0.29, 0.717) is 11.3 Å². The van der Waals surface area contributed by atoms with E-state index in [2.05, 4.69) is 15.4 Å². The van der Waals surface area contributed by atoms with Crippen LogP contribution in [0.5, 0.6) is 5.75 Å². The molecule has 0 aromatic heterocycles. The average molecular weight is 407 g/mol. The van der Waals surface area contributed by atoms with Crippen LogP contribution in [0.15, 0.2) is 48.5 Å². The Labute approximate surface area is 163 Å². The molecule has 1 heterocycles. The Hall–Kier alpha value is -3.56. The Bertz CT molecular complexity index is 913. The third-order valence-corrected chi connectivity index (χ3v) is 3.98. The number of benzene rings is 2. The lowest BCUT2D eigenvalue weighted by Crippen LogP contribution is -2.30. The maximum Gasteiger partial charge on any atom is 0.422 e. The van der Waals surface area contributed by atoms with Gasteiger partial charge < -0.3 is 15.4 Å². The highest BCUT2D eigenvalue weighted by Crippen LogP contribution is 2.20. The summed E-state index contributed by atoms with van der Waals surface area (Å²) in [6.07, 6.45) is -4.44. The lowest BCUT2D eigenvalue weighted by Gasteiger charge is -2.13. The molecule has 0 radical (unpaired) electrons. The maximum absolute atomic E-state index is 12.3. The van der Waals surface area contributed by atoms with E-state index in [-0.39, 0.29) is 30.3 Å². The standard InChI is InChI=1S/C19H16F3N3O4/c20-19(21,22)11-29-15-6-4-13(5-7-15)17(27)24-14-3-1-2-12(8-14)10-25-16(26)9-23-18(25)28/h1-8H,9-11H2,(H,23,28)(H,24,27). The average Bonchev–Trinajstić information content (AvgIpc) is 2.98. The number of hydrogen-bond acceptors (Lipinski definition) is 4. The van der Waals surface area contributed by atoms with E-state index in [1.807, 2.05) is 0 Å². The molecule has 4 amide bonds. The number of carbonyl (C=O) groups is 3. The van der Waals surface area contributed by atoms with Crippen LogP contribution in [0.4, 0.5) is 23.7 Å². The van der Waals surface area contributed by atoms with Gasteiger partial charge in [-0.3, -0.25) is 14.5 Å². The number of imide groups is 1. The van der Waals surface area contributed by atoms with Crippen LogP contribution < -0.4 is 15.4 Å². The van der Waals surface area contributed by atoms with Crippen LogP contribution in [0.3, 0.4) is 0 Å². The second kappa shape index (κ2) is 8.21. The molecule has 3 rings (SSSR count). The van der Waals surface area contributed by atoms with Gasteiger partial charge in [0.1, 0.15) is 5.75 Å². The lowest BCUT2D eigenvalue weighted by atomic mass is 10.1. The highest BCUT2D eigenvalue weighted by molar-refractivity contribution is 6.04. The smallest absolute Gasteiger partial charge is 0.422 e. The van der Waals surface area contributed by atoms with Gasteiger partial charge in [0.2, 0.25) is 5.91 Å². The Morgan fingerprint density at radius 1 is 1.14 bits per heavy atom. The molecular weight excluding hydrogens is 391 g/mol. The van der Waals surface area contributed by atoms with Gasteiger partial charge in [-0.2, -0.15) is 13.2 Å². The fraction of sp³-hybridized carbons (Fsp3) is 0.211. The predicted molar refractivity (Wildman–Crippen MR) is 96.3 cm³/mol. The fourth-order valence-corrected chi connectivity index (χ4v) is 2.62. The van der Waals surface area contributed by atoms with E-state index in [4.69, 9.17) is 0 Å². The second-order valence-corrected chi connectivity index (χ2v) is 6.22. The monoisotopic (exact) mass is 407 g/mol. The first-order valence-electron chi connectivity index (χ1n) is 8.49. The van der Waals surface area contributed by atoms with Crippen molar-refractivity contribution in [2.75, 3.05) is 18.5 Å². The van der Waals surface area contributed by atoms with E-state index < -0.39 is 24.7 Å². The number of amides is 4. The van der Waals surface area contributed by atoms with Crippen molar-refractivity contribution >= 4 is 23.5 Å². The molecule has 10 heteroatoms. The molecule has 2 N–H and O–H groups in total. The molecule has 0 bridgehead atoms. The molecule has 1 aliphatic rings. The zero-order valence-corrected chi connectivity index (χ0v) is 15.0. The number of urea groups is 1. The molecule has 0 unspecified atom stereocenters. The minimum Gasteiger partial charge on any atom is -0.484 e. The molecule has 7 nitrogen and oxygen atoms in total. The van der Waals surface area contributed by atoms with Gasteiger partial charge in [-0.25, -0.2) is 4.79 Å². The van der Waals surface area contributed by atoms with Crippen molar-refractivity contribution in [1.29, 1.82) is 0 Å². The molecule has 0 aliphatic carbocycles. The number of nitrogens with zero attached hydrogens (tertiary/aromatic N) is 1. The normalized spacial score (nSPS) is 14.0. The summed E-state index contributed by atoms with van der Waals surface area (Å²) in [5.41, 5.74) is 1.31. The van der Waals surface area contributed by atoms with Crippen molar-refractivity contribution in [2.24, 2.45) is 0 Å². The third kappa shape index (κ3) is 5.47. The van der Waals surface area contributed by atoms with Crippen molar-refractivity contribution in [2.45, 2.75) is 12.7 Å². The number of hydrogen-bond donors (Lipinski definition) is 2. The minimum atomic E-state index is -4.44. The number of ether oxygens (including phenoxy) is 1. The van der Waals surface area contributed by atoms with Crippen LogP contribution in [-0.4, -0.2) is 42.1 Å². The molecule has 1 saturated heterocycles. The number of halogens is 3. The SMILES string of the molecule is O=C(Nc1cccc(CN2C(=O)CNC2=O)c1)c1ccc(OCC(F)(F)F)cc1. The van der Waals surface area contributed by atoms with Crippen LogP contribution in [0.2, 0.25) is 0 Å². The molecular formula is C19H16F3N3O4. The van der Waals surface area contributed by atoms with Gasteiger partial charge in [0.25, 0.3) is 5.91 Å². The number of nitrogens with one attached hydrogen (secondary N) is 2. The zero-order valence-electron chi connectivity index (χ0n) is 15.0. The molecule has 1 fully saturated rings. The van der Waals surface area contributed by atoms with Crippen LogP contribution in [0.25, 0.3) is 0 Å². The molecule has 152 valence electrons. The quantitative estimate of drug-likeness (QED) is 0.721. The van der Waals surface area contributed by atoms with Crippen molar-refractivity contribution in [3.63, 3.8) is 0 Å². The van der Waals surface area contributed by atoms with Gasteiger partial charge in [-0.15, -0.1) is 0 Å². The van der Waals surface area contributed by atoms with E-state index in [9.17, 15) is 27.6 Å². The van der Waals surface area contributed by atoms with E-state index in [0.717, 1.165) is 4.90 Å². The predicted octanol–water partition coefficient (Wildman–Crippen LogP) is 2.93. The van der Waals surface area contributed by atoms with Crippen molar-refractivity contribution in [3.05, 3.63) is 59.7 Å². The topological polar surface area (TPSA) is 87.7 Å². The summed E-state index contributed by atoms with van der Waals surface area (Å²) < 4.78 is 41.1. The van der Waals surface area contributed by atoms with Crippen LogP contribution in [0.1, 0.15) is 15.9 Å². The first-order valence-corrected chi connectivity index (χ1v) is 8.49. The molecule has 0 saturated carbocycles. The first kappa shape index (κ1) is 20.2. The Morgan fingerprint density at radius 3 is 2.48 bits per heavy atom. The molecule has 1 aliphatic heterocycles. The summed E-state index contributed by atoms with van der Waals surface area (Å²) in [5.74, 6) is -0.814. The lowest BCUT2D eigenvalue weighted by molar-refractivity contribution is -0.153. The highest BCUT2D eigenvalue weighted by Gasteiger charge is 2.29. The molecule has 29 heavy (non-hydrogen) atoms. The second-order valence-electron chi connectivity index (χ2n) is 6.22. The Kier molecular flexibility index (Phi) is 5.71. The number of alkyl halides is 3. The zero-order chi connectivity index (χ0) is 21.0. The van der Waals surface area contributed by atoms with Crippen molar-refractivity contribution < 1.29 is 32.3 Å². The van der Waals surface area contributed by atoms with Crippen LogP contribution in [0, 0.1) is 0 Å². The molecule has 0 atom stereocenters. The highest BCUT2D eigenvalue weighted by atomic mass is 19.4. The summed E-state index contributed by atoms with van der Waals surface area (Å²) in [6.45, 7) is -1.39. The fourth-order valence-electron chi connectivity index (χ4n) is 2.62. The molecule has 2 aromatic carbocycles. The molecule has 0 spiro atoms. The van der Waals surface area contributed by atoms with Crippen LogP contribution in [-0.2, 0) is 11.3 Å². The number of anilines is 1. The van der Waals surface area contributed by atoms with Gasteiger partial charge in [0, 0.05) is 11.3 Å². The Balaban J connectivity index is 1.62. The van der Waals surface area contributed by atoms with Gasteiger partial charge in [0.15, 0.2) is 6.61 Å². The van der Waals surface area contributed by atoms with E-state index in [1.165, 1.54) is 24.3 Å². The first-order chi connectivity index (χ1) is 13.7. The van der Waals surface area contributed by atoms with Crippen LogP contribution >= 0.6 is 0 Å². The molecule has 2 aromatic rings. The Morgan fingerprint density at radius 2 is 1.86 bits per heavy atom. The van der Waals surface area contributed by atoms with Crippen molar-refractivity contribution in [1.82, 2.24) is 10.2 Å². The van der Waals surface area contributed by atoms with E-state index >= 15 is 0 Å². The number of rotatable bonds is 6. The minimum absolute atomic E-state index is 0.00516. The van der Waals surface area contributed by atoms with Gasteiger partial charge in [-0.05, 0) is 42.0 Å². The summed E-state index contributed by atoms with van der Waals surface area (Å²) in [7, 11) is 0. The van der Waals surface area contributed by atoms with Gasteiger partial charge in [-0.1, -0.05) is 12.1 Å². The van der Waals surface area contributed by atoms with Gasteiger partial charge >= 0.3 is 12.2 Å². The largest absolute Gasteiger partial charge is 0.484 e. The summed E-state index contributed by atoms with van der Waals surface area (Å²) in [5, 5.41) is 5.08. The number of carbonyl (C=O) groups excluding carboxylic acids is 3.